The molecule has 28 heavy (non-hydrogen) atoms. The number of carbonyl (C=O) groups is 2. The summed E-state index contributed by atoms with van der Waals surface area (Å²) in [5.74, 6) is 0.490. The van der Waals surface area contributed by atoms with Crippen LogP contribution in [0.15, 0.2) is 53.9 Å². The number of ether oxygens (including phenoxy) is 1. The predicted molar refractivity (Wildman–Crippen MR) is 112 cm³/mol. The number of benzene rings is 2. The second-order valence-corrected chi connectivity index (χ2v) is 7.11. The Morgan fingerprint density at radius 2 is 1.75 bits per heavy atom. The molecule has 1 aromatic heterocycles. The minimum Gasteiger partial charge on any atom is -0.493 e. The van der Waals surface area contributed by atoms with Crippen molar-refractivity contribution >= 4 is 34.0 Å². The van der Waals surface area contributed by atoms with Gasteiger partial charge in [0.05, 0.1) is 18.7 Å². The number of carbonyl (C=O) groups excluding carboxylic acids is 2. The SMILES string of the molecule is CC(=O)Nc1ccc(-c2csc(NC(=O)CCOc3ccc(C)cc3)n2)cc1. The zero-order valence-corrected chi connectivity index (χ0v) is 16.5. The molecule has 0 bridgehead atoms. The summed E-state index contributed by atoms with van der Waals surface area (Å²) in [4.78, 5) is 27.6. The van der Waals surface area contributed by atoms with Gasteiger partial charge in [-0.05, 0) is 31.2 Å². The minimum absolute atomic E-state index is 0.113. The van der Waals surface area contributed by atoms with Gasteiger partial charge in [-0.2, -0.15) is 0 Å². The van der Waals surface area contributed by atoms with Crippen molar-refractivity contribution in [2.24, 2.45) is 0 Å². The smallest absolute Gasteiger partial charge is 0.229 e. The lowest BCUT2D eigenvalue weighted by molar-refractivity contribution is -0.116. The number of anilines is 2. The number of nitrogens with zero attached hydrogens (tertiary/aromatic N) is 1. The molecule has 1 heterocycles. The molecule has 0 saturated heterocycles. The highest BCUT2D eigenvalue weighted by Crippen LogP contribution is 2.26. The number of aromatic nitrogens is 1. The summed E-state index contributed by atoms with van der Waals surface area (Å²) in [6.07, 6.45) is 0.244. The van der Waals surface area contributed by atoms with Crippen molar-refractivity contribution in [3.63, 3.8) is 0 Å². The first-order chi connectivity index (χ1) is 13.5. The maximum atomic E-state index is 12.1. The van der Waals surface area contributed by atoms with Gasteiger partial charge in [-0.3, -0.25) is 9.59 Å². The fourth-order valence-electron chi connectivity index (χ4n) is 2.47. The van der Waals surface area contributed by atoms with Crippen molar-refractivity contribution in [3.8, 4) is 17.0 Å². The first-order valence-electron chi connectivity index (χ1n) is 8.82. The van der Waals surface area contributed by atoms with E-state index in [-0.39, 0.29) is 18.2 Å². The molecule has 0 aliphatic carbocycles. The summed E-state index contributed by atoms with van der Waals surface area (Å²) in [7, 11) is 0. The van der Waals surface area contributed by atoms with Crippen LogP contribution in [0.3, 0.4) is 0 Å². The standard InChI is InChI=1S/C21H21N3O3S/c1-14-3-9-18(10-4-14)27-12-11-20(26)24-21-23-19(13-28-21)16-5-7-17(8-6-16)22-15(2)25/h3-10,13H,11-12H2,1-2H3,(H,22,25)(H,23,24,26). The molecule has 0 aliphatic rings. The first kappa shape index (κ1) is 19.6. The summed E-state index contributed by atoms with van der Waals surface area (Å²) in [5, 5.41) is 7.94. The molecule has 7 heteroatoms. The van der Waals surface area contributed by atoms with Crippen molar-refractivity contribution in [2.75, 3.05) is 17.2 Å². The average molecular weight is 395 g/mol. The van der Waals surface area contributed by atoms with Crippen LogP contribution in [0.2, 0.25) is 0 Å². The van der Waals surface area contributed by atoms with Gasteiger partial charge >= 0.3 is 0 Å². The molecule has 0 radical (unpaired) electrons. The van der Waals surface area contributed by atoms with E-state index in [1.54, 1.807) is 0 Å². The maximum absolute atomic E-state index is 12.1. The van der Waals surface area contributed by atoms with Crippen LogP contribution in [0.25, 0.3) is 11.3 Å². The van der Waals surface area contributed by atoms with Crippen molar-refractivity contribution in [1.82, 2.24) is 4.98 Å². The maximum Gasteiger partial charge on any atom is 0.229 e. The number of thiazole rings is 1. The van der Waals surface area contributed by atoms with Gasteiger partial charge in [-0.15, -0.1) is 11.3 Å². The van der Waals surface area contributed by atoms with Crippen LogP contribution in [0.1, 0.15) is 18.9 Å². The Kier molecular flexibility index (Phi) is 6.39. The van der Waals surface area contributed by atoms with E-state index in [2.05, 4.69) is 15.6 Å². The quantitative estimate of drug-likeness (QED) is 0.618. The molecule has 3 aromatic rings. The Morgan fingerprint density at radius 1 is 1.04 bits per heavy atom. The number of aryl methyl sites for hydroxylation is 1. The predicted octanol–water partition coefficient (Wildman–Crippen LogP) is 4.48. The molecule has 0 unspecified atom stereocenters. The third-order valence-corrected chi connectivity index (χ3v) is 4.63. The molecule has 2 aromatic carbocycles. The molecule has 0 aliphatic heterocycles. The van der Waals surface area contributed by atoms with E-state index in [4.69, 9.17) is 4.74 Å². The van der Waals surface area contributed by atoms with Gasteiger partial charge in [0, 0.05) is 23.6 Å². The lowest BCUT2D eigenvalue weighted by Gasteiger charge is -2.06. The summed E-state index contributed by atoms with van der Waals surface area (Å²) < 4.78 is 5.57. The summed E-state index contributed by atoms with van der Waals surface area (Å²) in [6, 6.07) is 15.1. The van der Waals surface area contributed by atoms with Crippen LogP contribution in [0, 0.1) is 6.92 Å². The summed E-state index contributed by atoms with van der Waals surface area (Å²) in [6.45, 7) is 3.78. The summed E-state index contributed by atoms with van der Waals surface area (Å²) >= 11 is 1.37. The average Bonchev–Trinajstić information content (AvgIpc) is 3.12. The van der Waals surface area contributed by atoms with Crippen LogP contribution in [-0.4, -0.2) is 23.4 Å². The monoisotopic (exact) mass is 395 g/mol. The molecule has 2 amide bonds. The topological polar surface area (TPSA) is 80.3 Å². The Bertz CT molecular complexity index is 950. The van der Waals surface area contributed by atoms with Crippen molar-refractivity contribution in [2.45, 2.75) is 20.3 Å². The highest BCUT2D eigenvalue weighted by atomic mass is 32.1. The van der Waals surface area contributed by atoms with E-state index in [1.807, 2.05) is 60.8 Å². The Hall–Kier alpha value is -3.19. The second-order valence-electron chi connectivity index (χ2n) is 6.26. The first-order valence-corrected chi connectivity index (χ1v) is 9.70. The highest BCUT2D eigenvalue weighted by molar-refractivity contribution is 7.14. The van der Waals surface area contributed by atoms with Crippen LogP contribution in [0.5, 0.6) is 5.75 Å². The van der Waals surface area contributed by atoms with E-state index in [0.717, 1.165) is 28.3 Å². The van der Waals surface area contributed by atoms with Gasteiger partial charge in [0.25, 0.3) is 0 Å². The number of hydrogen-bond acceptors (Lipinski definition) is 5. The number of rotatable bonds is 7. The van der Waals surface area contributed by atoms with Crippen LogP contribution in [-0.2, 0) is 9.59 Å². The van der Waals surface area contributed by atoms with Gasteiger partial charge in [0.15, 0.2) is 5.13 Å². The Balaban J connectivity index is 1.50. The molecule has 144 valence electrons. The van der Waals surface area contributed by atoms with Crippen LogP contribution >= 0.6 is 11.3 Å². The molecular formula is C21H21N3O3S. The zero-order valence-electron chi connectivity index (χ0n) is 15.7. The van der Waals surface area contributed by atoms with Crippen LogP contribution < -0.4 is 15.4 Å². The van der Waals surface area contributed by atoms with Gasteiger partial charge in [-0.1, -0.05) is 29.8 Å². The third kappa shape index (κ3) is 5.65. The zero-order chi connectivity index (χ0) is 19.9. The van der Waals surface area contributed by atoms with Gasteiger partial charge in [0.1, 0.15) is 5.75 Å². The number of nitrogens with one attached hydrogen (secondary N) is 2. The largest absolute Gasteiger partial charge is 0.493 e. The molecule has 0 saturated carbocycles. The van der Waals surface area contributed by atoms with E-state index in [1.165, 1.54) is 18.3 Å². The third-order valence-electron chi connectivity index (χ3n) is 3.87. The molecule has 0 spiro atoms. The van der Waals surface area contributed by atoms with E-state index in [9.17, 15) is 9.59 Å². The minimum atomic E-state index is -0.144. The Labute approximate surface area is 167 Å². The highest BCUT2D eigenvalue weighted by Gasteiger charge is 2.09. The molecule has 0 fully saturated rings. The molecular weight excluding hydrogens is 374 g/mol. The molecule has 0 atom stereocenters. The van der Waals surface area contributed by atoms with E-state index >= 15 is 0 Å². The normalized spacial score (nSPS) is 10.4. The second kappa shape index (κ2) is 9.14. The van der Waals surface area contributed by atoms with E-state index < -0.39 is 0 Å². The number of hydrogen-bond donors (Lipinski definition) is 2. The fourth-order valence-corrected chi connectivity index (χ4v) is 3.21. The van der Waals surface area contributed by atoms with E-state index in [0.29, 0.717) is 11.7 Å². The lowest BCUT2D eigenvalue weighted by Crippen LogP contribution is -2.15. The van der Waals surface area contributed by atoms with Crippen molar-refractivity contribution < 1.29 is 14.3 Å². The van der Waals surface area contributed by atoms with Crippen molar-refractivity contribution in [1.29, 1.82) is 0 Å². The molecule has 3 rings (SSSR count). The fraction of sp³-hybridized carbons (Fsp3) is 0.190. The summed E-state index contributed by atoms with van der Waals surface area (Å²) in [5.41, 5.74) is 3.57. The van der Waals surface area contributed by atoms with Gasteiger partial charge in [-0.25, -0.2) is 4.98 Å². The number of amides is 2. The Morgan fingerprint density at radius 3 is 2.43 bits per heavy atom. The molecule has 2 N–H and O–H groups in total. The lowest BCUT2D eigenvalue weighted by atomic mass is 10.1. The van der Waals surface area contributed by atoms with Crippen LogP contribution in [0.4, 0.5) is 10.8 Å². The van der Waals surface area contributed by atoms with Gasteiger partial charge < -0.3 is 15.4 Å². The van der Waals surface area contributed by atoms with Gasteiger partial charge in [0.2, 0.25) is 11.8 Å². The van der Waals surface area contributed by atoms with Crippen molar-refractivity contribution in [3.05, 3.63) is 59.5 Å². The molecule has 6 nitrogen and oxygen atoms in total.